The lowest BCUT2D eigenvalue weighted by atomic mass is 9.76. The molecule has 0 spiro atoms. The zero-order valence-corrected chi connectivity index (χ0v) is 19.7. The molecule has 0 heterocycles. The molecule has 6 unspecified atom stereocenters. The van der Waals surface area contributed by atoms with Crippen LogP contribution in [0.15, 0.2) is 30.3 Å². The monoisotopic (exact) mass is 383 g/mol. The van der Waals surface area contributed by atoms with Crippen LogP contribution < -0.4 is 5.19 Å². The summed E-state index contributed by atoms with van der Waals surface area (Å²) in [7, 11) is -0.574. The van der Waals surface area contributed by atoms with E-state index in [9.17, 15) is 0 Å². The second kappa shape index (κ2) is 9.29. The second-order valence-corrected chi connectivity index (χ2v) is 13.7. The van der Waals surface area contributed by atoms with Gasteiger partial charge >= 0.3 is 0 Å². The third-order valence-electron chi connectivity index (χ3n) is 7.95. The molecular weight excluding hydrogens is 340 g/mol. The van der Waals surface area contributed by atoms with Crippen LogP contribution in [0.25, 0.3) is 0 Å². The van der Waals surface area contributed by atoms with E-state index in [2.05, 4.69) is 71.9 Å². The largest absolute Gasteiger partial charge is 0.0927 e. The molecule has 0 N–H and O–H groups in total. The van der Waals surface area contributed by atoms with E-state index in [4.69, 9.17) is 0 Å². The summed E-state index contributed by atoms with van der Waals surface area (Å²) in [6.45, 7) is 15.1. The highest BCUT2D eigenvalue weighted by atomic mass is 28.3. The van der Waals surface area contributed by atoms with Crippen molar-refractivity contribution < 1.29 is 0 Å². The lowest BCUT2D eigenvalue weighted by molar-refractivity contribution is 0.209. The van der Waals surface area contributed by atoms with Gasteiger partial charge in [-0.25, -0.2) is 0 Å². The Hall–Kier alpha value is -0.563. The fourth-order valence-corrected chi connectivity index (χ4v) is 11.8. The van der Waals surface area contributed by atoms with Gasteiger partial charge in [0.2, 0.25) is 0 Å². The standard InChI is InChI=1S/C26H43Si/c1-18(2)23-14-12-20(5)16-25(23)27(22-10-8-7-9-11-22)26-17-21(6)13-15-24(26)19(3)4/h7-11,18-21,23-26H,12-17H2,1-6H3. The van der Waals surface area contributed by atoms with Gasteiger partial charge in [-0.3, -0.25) is 0 Å². The van der Waals surface area contributed by atoms with Crippen molar-refractivity contribution in [3.8, 4) is 0 Å². The predicted octanol–water partition coefficient (Wildman–Crippen LogP) is 7.31. The molecule has 0 amide bonds. The summed E-state index contributed by atoms with van der Waals surface area (Å²) >= 11 is 0. The van der Waals surface area contributed by atoms with Gasteiger partial charge in [-0.15, -0.1) is 0 Å². The highest BCUT2D eigenvalue weighted by molar-refractivity contribution is 6.76. The van der Waals surface area contributed by atoms with Gasteiger partial charge < -0.3 is 0 Å². The molecule has 3 rings (SSSR count). The van der Waals surface area contributed by atoms with Crippen LogP contribution in [0.3, 0.4) is 0 Å². The number of hydrogen-bond acceptors (Lipinski definition) is 0. The van der Waals surface area contributed by atoms with E-state index in [0.29, 0.717) is 0 Å². The van der Waals surface area contributed by atoms with E-state index in [1.165, 1.54) is 38.5 Å². The molecule has 1 aromatic carbocycles. The Labute approximate surface area is 171 Å². The average molecular weight is 384 g/mol. The Bertz CT molecular complexity index is 531. The fraction of sp³-hybridized carbons (Fsp3) is 0.769. The molecule has 6 atom stereocenters. The number of benzene rings is 1. The zero-order valence-electron chi connectivity index (χ0n) is 18.7. The molecular formula is C26H43Si. The summed E-state index contributed by atoms with van der Waals surface area (Å²) in [6.07, 6.45) is 8.83. The van der Waals surface area contributed by atoms with Crippen LogP contribution in [-0.2, 0) is 0 Å². The van der Waals surface area contributed by atoms with Gasteiger partial charge in [0.15, 0.2) is 0 Å². The Morgan fingerprint density at radius 1 is 0.704 bits per heavy atom. The van der Waals surface area contributed by atoms with Gasteiger partial charge in [-0.2, -0.15) is 0 Å². The second-order valence-electron chi connectivity index (χ2n) is 10.7. The number of hydrogen-bond donors (Lipinski definition) is 0. The lowest BCUT2D eigenvalue weighted by Crippen LogP contribution is -2.49. The predicted molar refractivity (Wildman–Crippen MR) is 122 cm³/mol. The Morgan fingerprint density at radius 2 is 1.15 bits per heavy atom. The molecule has 27 heavy (non-hydrogen) atoms. The maximum atomic E-state index is 2.53. The van der Waals surface area contributed by atoms with Crippen molar-refractivity contribution in [1.29, 1.82) is 0 Å². The van der Waals surface area contributed by atoms with E-state index in [0.717, 1.165) is 46.6 Å². The van der Waals surface area contributed by atoms with Crippen molar-refractivity contribution in [3.63, 3.8) is 0 Å². The molecule has 1 heteroatoms. The van der Waals surface area contributed by atoms with Gasteiger partial charge in [0, 0.05) is 0 Å². The topological polar surface area (TPSA) is 0 Å². The molecule has 1 radical (unpaired) electrons. The smallest absolute Gasteiger partial charge is 0.0632 e. The summed E-state index contributed by atoms with van der Waals surface area (Å²) in [4.78, 5) is 0. The van der Waals surface area contributed by atoms with Crippen LogP contribution in [0.1, 0.15) is 80.1 Å². The Kier molecular flexibility index (Phi) is 7.28. The molecule has 0 saturated heterocycles. The van der Waals surface area contributed by atoms with Gasteiger partial charge in [0.1, 0.15) is 0 Å². The van der Waals surface area contributed by atoms with Crippen LogP contribution in [0, 0.1) is 35.5 Å². The maximum absolute atomic E-state index is 2.53. The van der Waals surface area contributed by atoms with Crippen molar-refractivity contribution in [3.05, 3.63) is 30.3 Å². The van der Waals surface area contributed by atoms with Crippen molar-refractivity contribution in [2.24, 2.45) is 35.5 Å². The van der Waals surface area contributed by atoms with Crippen LogP contribution in [0.4, 0.5) is 0 Å². The summed E-state index contributed by atoms with van der Waals surface area (Å²) in [5.41, 5.74) is 1.94. The summed E-state index contributed by atoms with van der Waals surface area (Å²) in [5, 5.41) is 1.75. The first-order valence-corrected chi connectivity index (χ1v) is 13.5. The molecule has 1 aromatic rings. The molecule has 0 nitrogen and oxygen atoms in total. The van der Waals surface area contributed by atoms with Crippen LogP contribution in [0.2, 0.25) is 11.1 Å². The van der Waals surface area contributed by atoms with E-state index < -0.39 is 8.80 Å². The van der Waals surface area contributed by atoms with Crippen molar-refractivity contribution in [1.82, 2.24) is 0 Å². The quantitative estimate of drug-likeness (QED) is 0.467. The molecule has 2 saturated carbocycles. The Balaban J connectivity index is 2.02. The molecule has 2 fully saturated rings. The molecule has 2 aliphatic carbocycles. The normalized spacial score (nSPS) is 35.1. The third-order valence-corrected chi connectivity index (χ3v) is 11.9. The molecule has 0 aliphatic heterocycles. The molecule has 2 aliphatic rings. The highest BCUT2D eigenvalue weighted by Gasteiger charge is 2.45. The van der Waals surface area contributed by atoms with Gasteiger partial charge in [0.05, 0.1) is 8.80 Å². The van der Waals surface area contributed by atoms with E-state index in [1.54, 1.807) is 5.19 Å². The molecule has 0 aromatic heterocycles. The van der Waals surface area contributed by atoms with Crippen molar-refractivity contribution in [2.75, 3.05) is 0 Å². The average Bonchev–Trinajstić information content (AvgIpc) is 2.62. The first kappa shape index (κ1) is 21.2. The fourth-order valence-electron chi connectivity index (χ4n) is 6.45. The number of rotatable bonds is 5. The van der Waals surface area contributed by atoms with Crippen molar-refractivity contribution in [2.45, 2.75) is 91.1 Å². The van der Waals surface area contributed by atoms with E-state index >= 15 is 0 Å². The minimum atomic E-state index is -0.574. The zero-order chi connectivity index (χ0) is 19.6. The SMILES string of the molecule is CC1CCC(C(C)C)C([Si](c2ccccc2)C2CC(C)CCC2C(C)C)C1. The van der Waals surface area contributed by atoms with Crippen LogP contribution in [0.5, 0.6) is 0 Å². The van der Waals surface area contributed by atoms with Gasteiger partial charge in [-0.05, 0) is 72.3 Å². The van der Waals surface area contributed by atoms with Crippen LogP contribution >= 0.6 is 0 Å². The van der Waals surface area contributed by atoms with Gasteiger partial charge in [0.25, 0.3) is 0 Å². The molecule has 151 valence electrons. The maximum Gasteiger partial charge on any atom is 0.0927 e. The van der Waals surface area contributed by atoms with E-state index in [1.807, 2.05) is 0 Å². The minimum absolute atomic E-state index is 0.574. The van der Waals surface area contributed by atoms with Crippen LogP contribution in [-0.4, -0.2) is 8.80 Å². The van der Waals surface area contributed by atoms with E-state index in [-0.39, 0.29) is 0 Å². The first-order valence-electron chi connectivity index (χ1n) is 11.8. The minimum Gasteiger partial charge on any atom is -0.0632 e. The van der Waals surface area contributed by atoms with Gasteiger partial charge in [-0.1, -0.05) is 89.9 Å². The summed E-state index contributed by atoms with van der Waals surface area (Å²) in [6, 6.07) is 11.8. The summed E-state index contributed by atoms with van der Waals surface area (Å²) in [5.74, 6) is 5.41. The van der Waals surface area contributed by atoms with Crippen molar-refractivity contribution >= 4 is 14.0 Å². The molecule has 0 bridgehead atoms. The highest BCUT2D eigenvalue weighted by Crippen LogP contribution is 2.51. The third kappa shape index (κ3) is 4.89. The lowest BCUT2D eigenvalue weighted by Gasteiger charge is -2.48. The Morgan fingerprint density at radius 3 is 1.56 bits per heavy atom. The first-order chi connectivity index (χ1) is 12.9. The summed E-state index contributed by atoms with van der Waals surface area (Å²) < 4.78 is 0.